The molecule has 26 heavy (non-hydrogen) atoms. The van der Waals surface area contributed by atoms with Crippen LogP contribution in [0.4, 0.5) is 10.6 Å². The molecule has 1 amide bonds. The van der Waals surface area contributed by atoms with E-state index in [4.69, 9.17) is 4.74 Å². The number of esters is 1. The van der Waals surface area contributed by atoms with Gasteiger partial charge in [0, 0.05) is 18.9 Å². The first kappa shape index (κ1) is 16.3. The summed E-state index contributed by atoms with van der Waals surface area (Å²) in [6, 6.07) is 9.04. The number of amides is 1. The number of nitrogens with zero attached hydrogens (tertiary/aromatic N) is 4. The summed E-state index contributed by atoms with van der Waals surface area (Å²) in [6.07, 6.45) is 2.70. The minimum absolute atomic E-state index is 0.0495. The van der Waals surface area contributed by atoms with Gasteiger partial charge in [-0.2, -0.15) is 0 Å². The number of rotatable bonds is 4. The maximum Gasteiger partial charge on any atom is 0.410 e. The van der Waals surface area contributed by atoms with Gasteiger partial charge in [0.1, 0.15) is 11.9 Å². The van der Waals surface area contributed by atoms with Gasteiger partial charge < -0.3 is 14.4 Å². The van der Waals surface area contributed by atoms with Crippen molar-refractivity contribution in [3.63, 3.8) is 0 Å². The van der Waals surface area contributed by atoms with Crippen LogP contribution in [-0.4, -0.2) is 59.3 Å². The Morgan fingerprint density at radius 1 is 1.27 bits per heavy atom. The minimum atomic E-state index is -0.419. The summed E-state index contributed by atoms with van der Waals surface area (Å²) in [5, 5.41) is 0. The summed E-state index contributed by atoms with van der Waals surface area (Å²) in [4.78, 5) is 36.1. The third kappa shape index (κ3) is 2.94. The lowest BCUT2D eigenvalue weighted by Gasteiger charge is -2.22. The van der Waals surface area contributed by atoms with Crippen LogP contribution in [0, 0.1) is 0 Å². The summed E-state index contributed by atoms with van der Waals surface area (Å²) in [7, 11) is 1.34. The lowest BCUT2D eigenvalue weighted by Crippen LogP contribution is -2.37. The van der Waals surface area contributed by atoms with Crippen molar-refractivity contribution < 1.29 is 19.1 Å². The lowest BCUT2D eigenvalue weighted by atomic mass is 10.2. The third-order valence-corrected chi connectivity index (χ3v) is 4.68. The van der Waals surface area contributed by atoms with Crippen LogP contribution in [0.15, 0.2) is 42.7 Å². The molecular formula is C18H18N4O4. The Labute approximate surface area is 150 Å². The molecule has 0 spiro atoms. The Hall–Kier alpha value is -3.16. The van der Waals surface area contributed by atoms with Gasteiger partial charge in [0.2, 0.25) is 0 Å². The highest BCUT2D eigenvalue weighted by molar-refractivity contribution is 5.89. The zero-order valence-corrected chi connectivity index (χ0v) is 14.2. The van der Waals surface area contributed by atoms with Crippen LogP contribution in [0.3, 0.4) is 0 Å². The van der Waals surface area contributed by atoms with Crippen LogP contribution in [-0.2, 0) is 16.0 Å². The van der Waals surface area contributed by atoms with E-state index in [1.807, 2.05) is 23.1 Å². The van der Waals surface area contributed by atoms with Gasteiger partial charge in [-0.1, -0.05) is 6.07 Å². The Bertz CT molecular complexity index is 812. The summed E-state index contributed by atoms with van der Waals surface area (Å²) in [5.74, 6) is 0.318. The Balaban J connectivity index is 1.47. The molecule has 2 fully saturated rings. The number of carbonyl (C=O) groups is 2. The Morgan fingerprint density at radius 2 is 2.15 bits per heavy atom. The standard InChI is InChI=1S/C18H18N4O4/c1-25-17(23)12-5-6-16(20-8-12)21-10-14-15(11-21)26-18(24)22(14)9-13-4-2-3-7-19-13/h2-8,14-15H,9-11H2,1H3/t14-,15+/m1/s1. The fourth-order valence-corrected chi connectivity index (χ4v) is 3.35. The molecule has 2 atom stereocenters. The second-order valence-corrected chi connectivity index (χ2v) is 6.24. The molecule has 8 nitrogen and oxygen atoms in total. The van der Waals surface area contributed by atoms with Gasteiger partial charge in [0.15, 0.2) is 0 Å². The van der Waals surface area contributed by atoms with Gasteiger partial charge in [-0.05, 0) is 24.3 Å². The van der Waals surface area contributed by atoms with Crippen molar-refractivity contribution in [2.45, 2.75) is 18.7 Å². The van der Waals surface area contributed by atoms with Crippen LogP contribution in [0.2, 0.25) is 0 Å². The van der Waals surface area contributed by atoms with Crippen LogP contribution in [0.5, 0.6) is 0 Å². The monoisotopic (exact) mass is 354 g/mol. The highest BCUT2D eigenvalue weighted by Crippen LogP contribution is 2.30. The molecule has 8 heteroatoms. The maximum atomic E-state index is 12.2. The first-order valence-electron chi connectivity index (χ1n) is 8.32. The summed E-state index contributed by atoms with van der Waals surface area (Å²) < 4.78 is 10.2. The van der Waals surface area contributed by atoms with Gasteiger partial charge in [-0.3, -0.25) is 9.88 Å². The number of carbonyl (C=O) groups excluding carboxylic acids is 2. The number of hydrogen-bond acceptors (Lipinski definition) is 7. The van der Waals surface area contributed by atoms with Crippen molar-refractivity contribution in [1.82, 2.24) is 14.9 Å². The van der Waals surface area contributed by atoms with E-state index < -0.39 is 5.97 Å². The Morgan fingerprint density at radius 3 is 2.85 bits per heavy atom. The predicted octanol–water partition coefficient (Wildman–Crippen LogP) is 1.47. The molecular weight excluding hydrogens is 336 g/mol. The molecule has 0 N–H and O–H groups in total. The molecule has 0 unspecified atom stereocenters. The highest BCUT2D eigenvalue weighted by Gasteiger charge is 2.48. The Kier molecular flexibility index (Phi) is 4.16. The largest absolute Gasteiger partial charge is 0.465 e. The molecule has 0 aliphatic carbocycles. The van der Waals surface area contributed by atoms with Crippen LogP contribution in [0.1, 0.15) is 16.1 Å². The van der Waals surface area contributed by atoms with E-state index in [1.54, 1.807) is 23.2 Å². The first-order chi connectivity index (χ1) is 12.7. The van der Waals surface area contributed by atoms with E-state index in [-0.39, 0.29) is 18.2 Å². The molecule has 2 aliphatic heterocycles. The minimum Gasteiger partial charge on any atom is -0.465 e. The first-order valence-corrected chi connectivity index (χ1v) is 8.32. The van der Waals surface area contributed by atoms with Crippen molar-refractivity contribution >= 4 is 17.9 Å². The number of anilines is 1. The van der Waals surface area contributed by atoms with Crippen LogP contribution in [0.25, 0.3) is 0 Å². The fraction of sp³-hybridized carbons (Fsp3) is 0.333. The number of methoxy groups -OCH3 is 1. The number of pyridine rings is 2. The third-order valence-electron chi connectivity index (χ3n) is 4.68. The van der Waals surface area contributed by atoms with Gasteiger partial charge in [0.05, 0.1) is 37.5 Å². The van der Waals surface area contributed by atoms with Crippen molar-refractivity contribution in [3.8, 4) is 0 Å². The van der Waals surface area contributed by atoms with E-state index in [9.17, 15) is 9.59 Å². The molecule has 2 aromatic rings. The SMILES string of the molecule is COC(=O)c1ccc(N2C[C@@H]3OC(=O)N(Cc4ccccn4)[C@@H]3C2)nc1. The molecule has 2 aromatic heterocycles. The average Bonchev–Trinajstić information content (AvgIpc) is 3.21. The molecule has 2 aliphatic rings. The van der Waals surface area contributed by atoms with E-state index >= 15 is 0 Å². The fourth-order valence-electron chi connectivity index (χ4n) is 3.35. The molecule has 134 valence electrons. The van der Waals surface area contributed by atoms with E-state index in [1.165, 1.54) is 13.3 Å². The zero-order chi connectivity index (χ0) is 18.1. The normalized spacial score (nSPS) is 21.5. The van der Waals surface area contributed by atoms with E-state index in [0.717, 1.165) is 11.5 Å². The van der Waals surface area contributed by atoms with Crippen molar-refractivity contribution in [2.24, 2.45) is 0 Å². The van der Waals surface area contributed by atoms with Gasteiger partial charge in [0.25, 0.3) is 0 Å². The zero-order valence-electron chi connectivity index (χ0n) is 14.2. The number of ether oxygens (including phenoxy) is 2. The van der Waals surface area contributed by atoms with Crippen molar-refractivity contribution in [2.75, 3.05) is 25.1 Å². The van der Waals surface area contributed by atoms with Gasteiger partial charge in [-0.15, -0.1) is 0 Å². The van der Waals surface area contributed by atoms with Gasteiger partial charge >= 0.3 is 12.1 Å². The molecule has 0 aromatic carbocycles. The maximum absolute atomic E-state index is 12.2. The van der Waals surface area contributed by atoms with Crippen molar-refractivity contribution in [3.05, 3.63) is 54.0 Å². The quantitative estimate of drug-likeness (QED) is 0.769. The molecule has 0 saturated carbocycles. The number of aromatic nitrogens is 2. The molecule has 0 bridgehead atoms. The van der Waals surface area contributed by atoms with E-state index in [2.05, 4.69) is 14.7 Å². The number of fused-ring (bicyclic) bond motifs is 1. The molecule has 0 radical (unpaired) electrons. The second-order valence-electron chi connectivity index (χ2n) is 6.24. The second kappa shape index (κ2) is 6.62. The molecule has 4 rings (SSSR count). The van der Waals surface area contributed by atoms with Crippen molar-refractivity contribution in [1.29, 1.82) is 0 Å². The highest BCUT2D eigenvalue weighted by atomic mass is 16.6. The topological polar surface area (TPSA) is 84.9 Å². The molecule has 2 saturated heterocycles. The number of hydrogen-bond donors (Lipinski definition) is 0. The summed E-state index contributed by atoms with van der Waals surface area (Å²) >= 11 is 0. The van der Waals surface area contributed by atoms with Crippen LogP contribution >= 0.6 is 0 Å². The predicted molar refractivity (Wildman–Crippen MR) is 91.6 cm³/mol. The van der Waals surface area contributed by atoms with Gasteiger partial charge in [-0.25, -0.2) is 14.6 Å². The summed E-state index contributed by atoms with van der Waals surface area (Å²) in [5.41, 5.74) is 1.22. The smallest absolute Gasteiger partial charge is 0.410 e. The average molecular weight is 354 g/mol. The van der Waals surface area contributed by atoms with Crippen LogP contribution < -0.4 is 4.90 Å². The summed E-state index contributed by atoms with van der Waals surface area (Å²) in [6.45, 7) is 1.61. The molecule has 4 heterocycles. The van der Waals surface area contributed by atoms with E-state index in [0.29, 0.717) is 25.2 Å². The lowest BCUT2D eigenvalue weighted by molar-refractivity contribution is 0.0600.